The van der Waals surface area contributed by atoms with Crippen molar-refractivity contribution in [2.45, 2.75) is 116 Å². The maximum atomic E-state index is 9.26. The summed E-state index contributed by atoms with van der Waals surface area (Å²) in [5, 5.41) is 9.26. The van der Waals surface area contributed by atoms with Gasteiger partial charge in [0.15, 0.2) is 5.90 Å². The van der Waals surface area contributed by atoms with Crippen molar-refractivity contribution in [1.82, 2.24) is 0 Å². The average Bonchev–Trinajstić information content (AvgIpc) is 3.03. The van der Waals surface area contributed by atoms with Gasteiger partial charge in [0.05, 0.1) is 6.61 Å². The van der Waals surface area contributed by atoms with Crippen molar-refractivity contribution >= 4 is 5.90 Å². The fourth-order valence-corrected chi connectivity index (χ4v) is 3.34. The minimum Gasteiger partial charge on any atom is -0.478 e. The molecule has 1 heterocycles. The SMILES string of the molecule is CCCCCCCC/C=C/CCCCCCCCC1=NC(C)(CO)CO1. The summed E-state index contributed by atoms with van der Waals surface area (Å²) in [6.45, 7) is 4.83. The smallest absolute Gasteiger partial charge is 0.184 e. The molecule has 0 aromatic carbocycles. The molecule has 0 radical (unpaired) electrons. The molecular formula is C23H43NO2. The van der Waals surface area contributed by atoms with Gasteiger partial charge in [-0.05, 0) is 39.0 Å². The Morgan fingerprint density at radius 2 is 1.42 bits per heavy atom. The zero-order chi connectivity index (χ0) is 18.9. The highest BCUT2D eigenvalue weighted by atomic mass is 16.5. The minimum atomic E-state index is -0.391. The normalized spacial score (nSPS) is 19.9. The van der Waals surface area contributed by atoms with Gasteiger partial charge >= 0.3 is 0 Å². The average molecular weight is 366 g/mol. The number of aliphatic imine (C=N–C) groups is 1. The third kappa shape index (κ3) is 11.7. The molecule has 152 valence electrons. The number of allylic oxidation sites excluding steroid dienone is 2. The summed E-state index contributed by atoms with van der Waals surface area (Å²) in [7, 11) is 0. The van der Waals surface area contributed by atoms with Gasteiger partial charge in [0.1, 0.15) is 12.1 Å². The second-order valence-electron chi connectivity index (χ2n) is 8.14. The molecule has 0 aromatic rings. The first-order chi connectivity index (χ1) is 12.7. The summed E-state index contributed by atoms with van der Waals surface area (Å²) in [5.41, 5.74) is -0.391. The standard InChI is InChI=1S/C23H43NO2/c1-3-4-5-6-7-8-9-10-11-12-13-14-15-16-17-18-19-22-24-23(2,20-25)21-26-22/h10-11,25H,3-9,12-21H2,1-2H3/b11-10+. The lowest BCUT2D eigenvalue weighted by molar-refractivity contribution is 0.169. The molecule has 1 unspecified atom stereocenters. The van der Waals surface area contributed by atoms with E-state index in [0.29, 0.717) is 6.61 Å². The lowest BCUT2D eigenvalue weighted by Gasteiger charge is -2.12. The van der Waals surface area contributed by atoms with Gasteiger partial charge in [-0.3, -0.25) is 0 Å². The Kier molecular flexibility index (Phi) is 13.6. The van der Waals surface area contributed by atoms with Gasteiger partial charge in [-0.1, -0.05) is 76.9 Å². The monoisotopic (exact) mass is 365 g/mol. The van der Waals surface area contributed by atoms with Crippen molar-refractivity contribution in [2.75, 3.05) is 13.2 Å². The molecule has 0 aliphatic carbocycles. The van der Waals surface area contributed by atoms with Gasteiger partial charge in [0.2, 0.25) is 0 Å². The number of rotatable bonds is 17. The van der Waals surface area contributed by atoms with Gasteiger partial charge in [-0.15, -0.1) is 0 Å². The molecule has 0 saturated carbocycles. The molecule has 1 rings (SSSR count). The lowest BCUT2D eigenvalue weighted by Crippen LogP contribution is -2.28. The van der Waals surface area contributed by atoms with Gasteiger partial charge in [-0.25, -0.2) is 4.99 Å². The van der Waals surface area contributed by atoms with Crippen LogP contribution in [-0.2, 0) is 4.74 Å². The third-order valence-corrected chi connectivity index (χ3v) is 5.19. The number of aliphatic hydroxyl groups excluding tert-OH is 1. The highest BCUT2D eigenvalue weighted by Crippen LogP contribution is 2.20. The van der Waals surface area contributed by atoms with E-state index >= 15 is 0 Å². The summed E-state index contributed by atoms with van der Waals surface area (Å²) in [4.78, 5) is 4.48. The molecule has 0 amide bonds. The van der Waals surface area contributed by atoms with Gasteiger partial charge < -0.3 is 9.84 Å². The molecule has 26 heavy (non-hydrogen) atoms. The Hall–Kier alpha value is -0.830. The summed E-state index contributed by atoms with van der Waals surface area (Å²) < 4.78 is 5.57. The molecule has 1 atom stereocenters. The number of hydrogen-bond acceptors (Lipinski definition) is 3. The van der Waals surface area contributed by atoms with Crippen molar-refractivity contribution in [3.05, 3.63) is 12.2 Å². The van der Waals surface area contributed by atoms with Crippen LogP contribution in [0.15, 0.2) is 17.1 Å². The van der Waals surface area contributed by atoms with Gasteiger partial charge in [0.25, 0.3) is 0 Å². The van der Waals surface area contributed by atoms with E-state index in [1.807, 2.05) is 6.92 Å². The van der Waals surface area contributed by atoms with Crippen LogP contribution in [0.4, 0.5) is 0 Å². The molecule has 0 saturated heterocycles. The highest BCUT2D eigenvalue weighted by Gasteiger charge is 2.30. The highest BCUT2D eigenvalue weighted by molar-refractivity contribution is 5.78. The van der Waals surface area contributed by atoms with Gasteiger partial charge in [0, 0.05) is 6.42 Å². The van der Waals surface area contributed by atoms with E-state index in [1.54, 1.807) is 0 Å². The first-order valence-corrected chi connectivity index (χ1v) is 11.2. The van der Waals surface area contributed by atoms with E-state index in [4.69, 9.17) is 4.74 Å². The van der Waals surface area contributed by atoms with Crippen LogP contribution in [0.5, 0.6) is 0 Å². The molecule has 3 nitrogen and oxygen atoms in total. The maximum absolute atomic E-state index is 9.26. The molecule has 0 aromatic heterocycles. The molecule has 0 spiro atoms. The first-order valence-electron chi connectivity index (χ1n) is 11.2. The van der Waals surface area contributed by atoms with Crippen molar-refractivity contribution in [3.63, 3.8) is 0 Å². The summed E-state index contributed by atoms with van der Waals surface area (Å²) in [5.74, 6) is 0.844. The Bertz CT molecular complexity index is 392. The van der Waals surface area contributed by atoms with E-state index in [-0.39, 0.29) is 6.61 Å². The fourth-order valence-electron chi connectivity index (χ4n) is 3.34. The minimum absolute atomic E-state index is 0.0733. The van der Waals surface area contributed by atoms with Crippen LogP contribution in [0.2, 0.25) is 0 Å². The quantitative estimate of drug-likeness (QED) is 0.233. The lowest BCUT2D eigenvalue weighted by atomic mass is 10.1. The zero-order valence-corrected chi connectivity index (χ0v) is 17.5. The summed E-state index contributed by atoms with van der Waals surface area (Å²) in [6.07, 6.45) is 24.3. The van der Waals surface area contributed by atoms with Gasteiger partial charge in [-0.2, -0.15) is 0 Å². The van der Waals surface area contributed by atoms with Crippen molar-refractivity contribution in [2.24, 2.45) is 4.99 Å². The van der Waals surface area contributed by atoms with E-state index in [2.05, 4.69) is 24.1 Å². The van der Waals surface area contributed by atoms with E-state index in [0.717, 1.165) is 18.7 Å². The van der Waals surface area contributed by atoms with Crippen LogP contribution in [-0.4, -0.2) is 29.8 Å². The van der Waals surface area contributed by atoms with Crippen LogP contribution >= 0.6 is 0 Å². The van der Waals surface area contributed by atoms with Crippen LogP contribution in [0.3, 0.4) is 0 Å². The Balaban J connectivity index is 1.81. The van der Waals surface area contributed by atoms with Crippen molar-refractivity contribution < 1.29 is 9.84 Å². The van der Waals surface area contributed by atoms with Crippen molar-refractivity contribution in [1.29, 1.82) is 0 Å². The zero-order valence-electron chi connectivity index (χ0n) is 17.5. The van der Waals surface area contributed by atoms with Crippen LogP contribution in [0.25, 0.3) is 0 Å². The Morgan fingerprint density at radius 3 is 1.96 bits per heavy atom. The molecule has 3 heteroatoms. The number of hydrogen-bond donors (Lipinski definition) is 1. The molecule has 1 aliphatic rings. The number of nitrogens with zero attached hydrogens (tertiary/aromatic N) is 1. The topological polar surface area (TPSA) is 41.8 Å². The first kappa shape index (κ1) is 23.2. The molecular weight excluding hydrogens is 322 g/mol. The third-order valence-electron chi connectivity index (χ3n) is 5.19. The largest absolute Gasteiger partial charge is 0.478 e. The van der Waals surface area contributed by atoms with E-state index in [9.17, 15) is 5.11 Å². The molecule has 0 bridgehead atoms. The predicted octanol–water partition coefficient (Wildman–Crippen LogP) is 6.59. The van der Waals surface area contributed by atoms with Crippen LogP contribution in [0, 0.1) is 0 Å². The van der Waals surface area contributed by atoms with E-state index < -0.39 is 5.54 Å². The second-order valence-corrected chi connectivity index (χ2v) is 8.14. The van der Waals surface area contributed by atoms with Crippen LogP contribution < -0.4 is 0 Å². The predicted molar refractivity (Wildman–Crippen MR) is 113 cm³/mol. The fraction of sp³-hybridized carbons (Fsp3) is 0.870. The molecule has 0 fully saturated rings. The number of unbranched alkanes of at least 4 members (excludes halogenated alkanes) is 12. The molecule has 1 N–H and O–H groups in total. The van der Waals surface area contributed by atoms with Crippen LogP contribution in [0.1, 0.15) is 110 Å². The Labute approximate surface area is 162 Å². The Morgan fingerprint density at radius 1 is 0.885 bits per heavy atom. The second kappa shape index (κ2) is 15.2. The molecule has 1 aliphatic heterocycles. The summed E-state index contributed by atoms with van der Waals surface area (Å²) >= 11 is 0. The maximum Gasteiger partial charge on any atom is 0.184 e. The summed E-state index contributed by atoms with van der Waals surface area (Å²) in [6, 6.07) is 0. The van der Waals surface area contributed by atoms with E-state index in [1.165, 1.54) is 83.5 Å². The van der Waals surface area contributed by atoms with Crippen molar-refractivity contribution in [3.8, 4) is 0 Å². The number of aliphatic hydroxyl groups is 1. The number of ether oxygens (including phenoxy) is 1.